The van der Waals surface area contributed by atoms with Gasteiger partial charge in [-0.15, -0.1) is 0 Å². The number of aryl methyl sites for hydroxylation is 1. The van der Waals surface area contributed by atoms with Crippen LogP contribution in [-0.4, -0.2) is 22.7 Å². The van der Waals surface area contributed by atoms with Crippen LogP contribution >= 0.6 is 11.8 Å². The van der Waals surface area contributed by atoms with E-state index in [9.17, 15) is 5.11 Å². The molecule has 0 bridgehead atoms. The molecule has 0 saturated heterocycles. The molecule has 0 aliphatic rings. The molecule has 0 spiro atoms. The van der Waals surface area contributed by atoms with Crippen molar-refractivity contribution in [2.24, 2.45) is 0 Å². The van der Waals surface area contributed by atoms with Crippen LogP contribution in [0.2, 0.25) is 0 Å². The molecule has 1 aromatic rings. The monoisotopic (exact) mass is 253 g/mol. The van der Waals surface area contributed by atoms with Gasteiger partial charge in [-0.05, 0) is 45.6 Å². The molecule has 0 fully saturated rings. The van der Waals surface area contributed by atoms with Crippen LogP contribution in [0.25, 0.3) is 0 Å². The quantitative estimate of drug-likeness (QED) is 0.842. The topological polar surface area (TPSA) is 32.3 Å². The Morgan fingerprint density at radius 2 is 2.06 bits per heavy atom. The molecular formula is C14H23NOS. The number of phenolic OH excluding ortho intramolecular Hbond substituents is 1. The number of hydrogen-bond acceptors (Lipinski definition) is 3. The summed E-state index contributed by atoms with van der Waals surface area (Å²) in [6.07, 6.45) is 2.12. The van der Waals surface area contributed by atoms with Crippen molar-refractivity contribution in [3.63, 3.8) is 0 Å². The number of phenols is 1. The highest BCUT2D eigenvalue weighted by atomic mass is 32.2. The Morgan fingerprint density at radius 1 is 1.41 bits per heavy atom. The molecule has 2 N–H and O–H groups in total. The minimum absolute atomic E-state index is 0.169. The maximum atomic E-state index is 9.90. The summed E-state index contributed by atoms with van der Waals surface area (Å²) in [7, 11) is 0. The maximum absolute atomic E-state index is 9.90. The van der Waals surface area contributed by atoms with Gasteiger partial charge in [0.25, 0.3) is 0 Å². The molecule has 1 aromatic carbocycles. The van der Waals surface area contributed by atoms with Gasteiger partial charge in [0.15, 0.2) is 0 Å². The summed E-state index contributed by atoms with van der Waals surface area (Å²) in [5, 5.41) is 13.4. The molecule has 17 heavy (non-hydrogen) atoms. The first kappa shape index (κ1) is 14.4. The number of hydrogen-bond donors (Lipinski definition) is 2. The minimum Gasteiger partial charge on any atom is -0.508 e. The van der Waals surface area contributed by atoms with E-state index in [0.717, 1.165) is 17.7 Å². The molecule has 1 unspecified atom stereocenters. The first-order valence-corrected chi connectivity index (χ1v) is 7.16. The molecule has 0 radical (unpaired) electrons. The molecule has 0 aliphatic carbocycles. The zero-order valence-corrected chi connectivity index (χ0v) is 12.2. The fraction of sp³-hybridized carbons (Fsp3) is 0.571. The van der Waals surface area contributed by atoms with Crippen molar-refractivity contribution in [1.82, 2.24) is 5.32 Å². The van der Waals surface area contributed by atoms with Crippen LogP contribution in [0.1, 0.15) is 37.9 Å². The Bertz CT molecular complexity index is 376. The minimum atomic E-state index is 0.169. The van der Waals surface area contributed by atoms with Crippen molar-refractivity contribution >= 4 is 11.8 Å². The zero-order valence-electron chi connectivity index (χ0n) is 11.4. The summed E-state index contributed by atoms with van der Waals surface area (Å²) in [4.78, 5) is 0. The van der Waals surface area contributed by atoms with Gasteiger partial charge >= 0.3 is 0 Å². The second-order valence-corrected chi connectivity index (χ2v) is 6.64. The summed E-state index contributed by atoms with van der Waals surface area (Å²) >= 11 is 1.85. The van der Waals surface area contributed by atoms with Crippen molar-refractivity contribution in [2.45, 2.75) is 38.5 Å². The lowest BCUT2D eigenvalue weighted by atomic mass is 10.0. The van der Waals surface area contributed by atoms with Crippen LogP contribution < -0.4 is 5.32 Å². The molecule has 0 aliphatic heterocycles. The molecule has 1 atom stereocenters. The second-order valence-electron chi connectivity index (χ2n) is 5.13. The third-order valence-corrected chi connectivity index (χ3v) is 4.29. The molecule has 1 rings (SSSR count). The van der Waals surface area contributed by atoms with Gasteiger partial charge < -0.3 is 10.4 Å². The average Bonchev–Trinajstić information content (AvgIpc) is 2.26. The Hall–Kier alpha value is -0.670. The van der Waals surface area contributed by atoms with Crippen molar-refractivity contribution in [1.29, 1.82) is 0 Å². The number of nitrogens with one attached hydrogen (secondary N) is 1. The van der Waals surface area contributed by atoms with Gasteiger partial charge in [-0.3, -0.25) is 0 Å². The van der Waals surface area contributed by atoms with Crippen LogP contribution in [0.15, 0.2) is 18.2 Å². The number of benzene rings is 1. The van der Waals surface area contributed by atoms with Gasteiger partial charge in [-0.25, -0.2) is 0 Å². The standard InChI is InChI=1S/C14H23NOS/c1-10-6-7-12(13(16)8-10)11(2)15-9-14(3,4)17-5/h6-8,11,15-16H,9H2,1-5H3. The van der Waals surface area contributed by atoms with E-state index in [2.05, 4.69) is 32.3 Å². The van der Waals surface area contributed by atoms with Gasteiger partial charge in [0.1, 0.15) is 5.75 Å². The average molecular weight is 253 g/mol. The Morgan fingerprint density at radius 3 is 2.59 bits per heavy atom. The van der Waals surface area contributed by atoms with E-state index < -0.39 is 0 Å². The highest BCUT2D eigenvalue weighted by Gasteiger charge is 2.18. The summed E-state index contributed by atoms with van der Waals surface area (Å²) in [5.74, 6) is 0.381. The SMILES string of the molecule is CSC(C)(C)CNC(C)c1ccc(C)cc1O. The van der Waals surface area contributed by atoms with Crippen molar-refractivity contribution in [2.75, 3.05) is 12.8 Å². The van der Waals surface area contributed by atoms with E-state index in [0.29, 0.717) is 5.75 Å². The fourth-order valence-electron chi connectivity index (χ4n) is 1.60. The summed E-state index contributed by atoms with van der Waals surface area (Å²) in [5.41, 5.74) is 2.05. The lowest BCUT2D eigenvalue weighted by Gasteiger charge is -2.25. The number of thioether (sulfide) groups is 1. The lowest BCUT2D eigenvalue weighted by molar-refractivity contribution is 0.447. The van der Waals surface area contributed by atoms with Gasteiger partial charge in [-0.2, -0.15) is 11.8 Å². The molecule has 2 nitrogen and oxygen atoms in total. The van der Waals surface area contributed by atoms with Crippen LogP contribution in [-0.2, 0) is 0 Å². The highest BCUT2D eigenvalue weighted by molar-refractivity contribution is 7.99. The second kappa shape index (κ2) is 5.78. The molecule has 96 valence electrons. The summed E-state index contributed by atoms with van der Waals surface area (Å²) in [6, 6.07) is 6.01. The van der Waals surface area contributed by atoms with Gasteiger partial charge in [-0.1, -0.05) is 12.1 Å². The number of aromatic hydroxyl groups is 1. The van der Waals surface area contributed by atoms with Crippen molar-refractivity contribution in [3.8, 4) is 5.75 Å². The fourth-order valence-corrected chi connectivity index (χ4v) is 1.83. The number of rotatable bonds is 5. The van der Waals surface area contributed by atoms with Gasteiger partial charge in [0.05, 0.1) is 0 Å². The highest BCUT2D eigenvalue weighted by Crippen LogP contribution is 2.26. The third-order valence-electron chi connectivity index (χ3n) is 3.04. The van der Waals surface area contributed by atoms with Crippen LogP contribution in [0, 0.1) is 6.92 Å². The van der Waals surface area contributed by atoms with E-state index in [1.165, 1.54) is 0 Å². The first-order chi connectivity index (χ1) is 7.85. The predicted octanol–water partition coefficient (Wildman–Crippen LogP) is 3.49. The van der Waals surface area contributed by atoms with Crippen LogP contribution in [0.4, 0.5) is 0 Å². The molecule has 0 saturated carbocycles. The predicted molar refractivity (Wildman–Crippen MR) is 76.9 cm³/mol. The van der Waals surface area contributed by atoms with Crippen LogP contribution in [0.5, 0.6) is 5.75 Å². The summed E-state index contributed by atoms with van der Waals surface area (Å²) in [6.45, 7) is 9.42. The molecule has 0 amide bonds. The lowest BCUT2D eigenvalue weighted by Crippen LogP contribution is -2.33. The molecular weight excluding hydrogens is 230 g/mol. The van der Waals surface area contributed by atoms with Crippen LogP contribution in [0.3, 0.4) is 0 Å². The van der Waals surface area contributed by atoms with E-state index in [-0.39, 0.29) is 10.8 Å². The molecule has 0 heterocycles. The van der Waals surface area contributed by atoms with Crippen molar-refractivity contribution in [3.05, 3.63) is 29.3 Å². The van der Waals surface area contributed by atoms with E-state index in [1.807, 2.05) is 36.9 Å². The normalized spacial score (nSPS) is 13.7. The van der Waals surface area contributed by atoms with Crippen molar-refractivity contribution < 1.29 is 5.11 Å². The molecule has 3 heteroatoms. The third kappa shape index (κ3) is 4.25. The zero-order chi connectivity index (χ0) is 13.1. The van der Waals surface area contributed by atoms with Gasteiger partial charge in [0.2, 0.25) is 0 Å². The smallest absolute Gasteiger partial charge is 0.120 e. The first-order valence-electron chi connectivity index (χ1n) is 5.94. The Kier molecular flexibility index (Phi) is 4.90. The van der Waals surface area contributed by atoms with Gasteiger partial charge in [0, 0.05) is 22.9 Å². The largest absolute Gasteiger partial charge is 0.508 e. The van der Waals surface area contributed by atoms with E-state index in [1.54, 1.807) is 0 Å². The van der Waals surface area contributed by atoms with E-state index in [4.69, 9.17) is 0 Å². The Labute approximate surface area is 109 Å². The Balaban J connectivity index is 2.67. The maximum Gasteiger partial charge on any atom is 0.120 e. The molecule has 0 aromatic heterocycles. The summed E-state index contributed by atoms with van der Waals surface area (Å²) < 4.78 is 0.217. The van der Waals surface area contributed by atoms with E-state index >= 15 is 0 Å².